The van der Waals surface area contributed by atoms with Gasteiger partial charge in [0.25, 0.3) is 0 Å². The number of ether oxygens (including phenoxy) is 3. The highest BCUT2D eigenvalue weighted by molar-refractivity contribution is 5.92. The zero-order chi connectivity index (χ0) is 35.3. The monoisotopic (exact) mass is 686 g/mol. The topological polar surface area (TPSA) is 114 Å². The van der Waals surface area contributed by atoms with Crippen LogP contribution in [0.25, 0.3) is 22.0 Å². The van der Waals surface area contributed by atoms with E-state index in [1.165, 1.54) is 30.5 Å². The van der Waals surface area contributed by atoms with Crippen molar-refractivity contribution in [3.8, 4) is 28.4 Å². The van der Waals surface area contributed by atoms with Gasteiger partial charge in [0.05, 0.1) is 45.5 Å². The van der Waals surface area contributed by atoms with E-state index in [9.17, 15) is 9.59 Å². The first-order valence-corrected chi connectivity index (χ1v) is 17.8. The van der Waals surface area contributed by atoms with Gasteiger partial charge in [0, 0.05) is 28.7 Å². The molecule has 51 heavy (non-hydrogen) atoms. The summed E-state index contributed by atoms with van der Waals surface area (Å²) in [5.41, 5.74) is 6.91. The Kier molecular flexibility index (Phi) is 10.3. The van der Waals surface area contributed by atoms with Crippen LogP contribution in [0.5, 0.6) is 17.2 Å². The lowest BCUT2D eigenvalue weighted by Crippen LogP contribution is -2.53. The summed E-state index contributed by atoms with van der Waals surface area (Å²) in [6.45, 7) is 0.119. The number of aromatic amines is 1. The lowest BCUT2D eigenvalue weighted by Gasteiger charge is -2.37. The fraction of sp³-hybridized carbons (Fsp3) is 0.333. The van der Waals surface area contributed by atoms with Crippen molar-refractivity contribution in [2.75, 3.05) is 21.3 Å². The number of benzene rings is 4. The summed E-state index contributed by atoms with van der Waals surface area (Å²) >= 11 is 0. The molecule has 0 bridgehead atoms. The van der Waals surface area contributed by atoms with E-state index in [1.807, 2.05) is 60.7 Å². The van der Waals surface area contributed by atoms with Gasteiger partial charge < -0.3 is 29.8 Å². The van der Waals surface area contributed by atoms with E-state index in [0.717, 1.165) is 34.9 Å². The molecule has 1 aromatic heterocycles. The summed E-state index contributed by atoms with van der Waals surface area (Å²) in [6.07, 6.45) is 6.41. The molecule has 4 aromatic carbocycles. The molecule has 3 atom stereocenters. The normalized spacial score (nSPS) is 18.0. The minimum Gasteiger partial charge on any atom is -0.496 e. The van der Waals surface area contributed by atoms with E-state index in [0.29, 0.717) is 40.7 Å². The van der Waals surface area contributed by atoms with Crippen molar-refractivity contribution >= 4 is 22.7 Å². The fourth-order valence-corrected chi connectivity index (χ4v) is 7.85. The molecule has 0 spiro atoms. The number of carbonyl (C=O) groups is 2. The van der Waals surface area contributed by atoms with Gasteiger partial charge in [0.2, 0.25) is 11.8 Å². The molecule has 1 fully saturated rings. The molecule has 0 radical (unpaired) electrons. The number of fused-ring (bicyclic) bond motifs is 3. The van der Waals surface area contributed by atoms with Crippen LogP contribution >= 0.6 is 0 Å². The van der Waals surface area contributed by atoms with Crippen molar-refractivity contribution in [3.63, 3.8) is 0 Å². The number of amides is 2. The average Bonchev–Trinajstić information content (AvgIpc) is 3.57. The second kappa shape index (κ2) is 15.3. The quantitative estimate of drug-likeness (QED) is 0.117. The van der Waals surface area contributed by atoms with Gasteiger partial charge in [0.1, 0.15) is 23.3 Å². The molecule has 1 aliphatic carbocycles. The Morgan fingerprint density at radius 2 is 1.47 bits per heavy atom. The SMILES string of the molecule is COc1cc(OC)c(CNC(=O)C(NC(=O)[C@H]2Cc3c([nH]c4ccccc34)C(C3CCCCC3)N2)c2ccc(-c3ccccc3)cc2)c(OC)c1. The number of rotatable bonds is 11. The van der Waals surface area contributed by atoms with Gasteiger partial charge in [0.15, 0.2) is 0 Å². The van der Waals surface area contributed by atoms with Crippen LogP contribution in [0.1, 0.15) is 66.6 Å². The van der Waals surface area contributed by atoms with Crippen LogP contribution in [0.3, 0.4) is 0 Å². The molecule has 2 amide bonds. The summed E-state index contributed by atoms with van der Waals surface area (Å²) in [5.74, 6) is 1.50. The number of methoxy groups -OCH3 is 3. The zero-order valence-corrected chi connectivity index (χ0v) is 29.5. The van der Waals surface area contributed by atoms with Crippen molar-refractivity contribution in [1.29, 1.82) is 0 Å². The van der Waals surface area contributed by atoms with Gasteiger partial charge in [-0.05, 0) is 53.5 Å². The first kappa shape index (κ1) is 34.2. The molecule has 1 aliphatic heterocycles. The molecule has 2 aliphatic rings. The van der Waals surface area contributed by atoms with Crippen LogP contribution in [0.2, 0.25) is 0 Å². The summed E-state index contributed by atoms with van der Waals surface area (Å²) in [7, 11) is 4.70. The highest BCUT2D eigenvalue weighted by Crippen LogP contribution is 2.41. The molecular weight excluding hydrogens is 640 g/mol. The van der Waals surface area contributed by atoms with E-state index >= 15 is 0 Å². The largest absolute Gasteiger partial charge is 0.496 e. The minimum absolute atomic E-state index is 0.0321. The molecule has 5 aromatic rings. The third kappa shape index (κ3) is 7.17. The zero-order valence-electron chi connectivity index (χ0n) is 29.5. The lowest BCUT2D eigenvalue weighted by atomic mass is 9.79. The molecule has 2 unspecified atom stereocenters. The molecule has 2 heterocycles. The maximum absolute atomic E-state index is 14.4. The Labute approximate surface area is 299 Å². The fourth-order valence-electron chi connectivity index (χ4n) is 7.85. The number of carbonyl (C=O) groups excluding carboxylic acids is 2. The van der Waals surface area contributed by atoms with Crippen molar-refractivity contribution < 1.29 is 23.8 Å². The van der Waals surface area contributed by atoms with Crippen molar-refractivity contribution in [2.45, 2.75) is 63.2 Å². The summed E-state index contributed by atoms with van der Waals surface area (Å²) in [6, 6.07) is 28.3. The van der Waals surface area contributed by atoms with Gasteiger partial charge in [-0.25, -0.2) is 0 Å². The summed E-state index contributed by atoms with van der Waals surface area (Å²) < 4.78 is 16.7. The molecule has 0 saturated heterocycles. The Hall–Kier alpha value is -5.28. The molecular formula is C42H46N4O5. The van der Waals surface area contributed by atoms with Gasteiger partial charge in [-0.1, -0.05) is 92.1 Å². The second-order valence-corrected chi connectivity index (χ2v) is 13.5. The maximum atomic E-state index is 14.4. The molecule has 9 heteroatoms. The smallest absolute Gasteiger partial charge is 0.247 e. The number of hydrogen-bond donors (Lipinski definition) is 4. The first-order valence-electron chi connectivity index (χ1n) is 17.8. The molecule has 264 valence electrons. The number of H-pyrrole nitrogens is 1. The molecule has 1 saturated carbocycles. The maximum Gasteiger partial charge on any atom is 0.247 e. The lowest BCUT2D eigenvalue weighted by molar-refractivity contribution is -0.130. The Bertz CT molecular complexity index is 1960. The van der Waals surface area contributed by atoms with Gasteiger partial charge in [-0.15, -0.1) is 0 Å². The van der Waals surface area contributed by atoms with Crippen molar-refractivity contribution in [2.24, 2.45) is 5.92 Å². The van der Waals surface area contributed by atoms with Gasteiger partial charge in [-0.2, -0.15) is 0 Å². The third-order valence-corrected chi connectivity index (χ3v) is 10.5. The number of para-hydroxylation sites is 1. The van der Waals surface area contributed by atoms with Crippen LogP contribution in [-0.2, 0) is 22.6 Å². The Morgan fingerprint density at radius 3 is 2.16 bits per heavy atom. The van der Waals surface area contributed by atoms with Crippen LogP contribution in [-0.4, -0.2) is 44.2 Å². The predicted octanol–water partition coefficient (Wildman–Crippen LogP) is 7.17. The minimum atomic E-state index is -0.947. The highest BCUT2D eigenvalue weighted by Gasteiger charge is 2.38. The highest BCUT2D eigenvalue weighted by atomic mass is 16.5. The van der Waals surface area contributed by atoms with Gasteiger partial charge >= 0.3 is 0 Å². The van der Waals surface area contributed by atoms with Gasteiger partial charge in [-0.3, -0.25) is 14.9 Å². The van der Waals surface area contributed by atoms with Crippen molar-refractivity contribution in [3.05, 3.63) is 113 Å². The number of nitrogens with one attached hydrogen (secondary N) is 4. The van der Waals surface area contributed by atoms with E-state index in [1.54, 1.807) is 33.5 Å². The molecule has 7 rings (SSSR count). The Morgan fingerprint density at radius 1 is 0.804 bits per heavy atom. The predicted molar refractivity (Wildman–Crippen MR) is 199 cm³/mol. The standard InChI is InChI=1S/C42H46N4O5/c1-49-30-22-36(50-2)33(37(23-30)51-3)25-43-42(48)39(29-20-18-27(19-21-29)26-12-6-4-7-13-26)46-41(47)35-24-32-31-16-10-11-17-34(31)44-40(32)38(45-35)28-14-8-5-9-15-28/h4,6-7,10-13,16-23,28,35,38-39,44-45H,5,8-9,14-15,24-25H2,1-3H3,(H,43,48)(H,46,47)/t35-,38?,39?/m1/s1. The van der Waals surface area contributed by atoms with Crippen LogP contribution in [0.15, 0.2) is 91.0 Å². The van der Waals surface area contributed by atoms with Crippen LogP contribution in [0, 0.1) is 5.92 Å². The molecule has 4 N–H and O–H groups in total. The third-order valence-electron chi connectivity index (χ3n) is 10.5. The van der Waals surface area contributed by atoms with E-state index in [4.69, 9.17) is 14.2 Å². The van der Waals surface area contributed by atoms with E-state index in [-0.39, 0.29) is 24.4 Å². The summed E-state index contributed by atoms with van der Waals surface area (Å²) in [4.78, 5) is 32.3. The number of aromatic nitrogens is 1. The van der Waals surface area contributed by atoms with Crippen LogP contribution < -0.4 is 30.2 Å². The second-order valence-electron chi connectivity index (χ2n) is 13.5. The Balaban J connectivity index is 1.18. The van der Waals surface area contributed by atoms with Crippen LogP contribution in [0.4, 0.5) is 0 Å². The summed E-state index contributed by atoms with van der Waals surface area (Å²) in [5, 5.41) is 11.1. The number of hydrogen-bond acceptors (Lipinski definition) is 6. The van der Waals surface area contributed by atoms with E-state index in [2.05, 4.69) is 39.1 Å². The van der Waals surface area contributed by atoms with Crippen molar-refractivity contribution in [1.82, 2.24) is 20.9 Å². The average molecular weight is 687 g/mol. The molecule has 9 nitrogen and oxygen atoms in total. The van der Waals surface area contributed by atoms with E-state index < -0.39 is 12.1 Å². The first-order chi connectivity index (χ1) is 25.0.